The Labute approximate surface area is 92.9 Å². The standard InChI is InChI=1S/C12H13NO3/c1-12(2,3)10-7-5-4-6-8(11(14)15)9(7)16-13-10/h4-6H,1-3H3,(H,14,15). The molecule has 0 aliphatic carbocycles. The number of rotatable bonds is 1. The van der Waals surface area contributed by atoms with Gasteiger partial charge in [-0.05, 0) is 12.1 Å². The normalized spacial score (nSPS) is 11.9. The summed E-state index contributed by atoms with van der Waals surface area (Å²) in [6, 6.07) is 5.05. The third-order valence-corrected chi connectivity index (χ3v) is 2.44. The van der Waals surface area contributed by atoms with E-state index >= 15 is 0 Å². The Morgan fingerprint density at radius 3 is 2.62 bits per heavy atom. The lowest BCUT2D eigenvalue weighted by Crippen LogP contribution is -2.11. The second-order valence-corrected chi connectivity index (χ2v) is 4.77. The van der Waals surface area contributed by atoms with Crippen LogP contribution in [0.3, 0.4) is 0 Å². The highest BCUT2D eigenvalue weighted by Gasteiger charge is 2.24. The summed E-state index contributed by atoms with van der Waals surface area (Å²) < 4.78 is 5.14. The van der Waals surface area contributed by atoms with Crippen molar-refractivity contribution in [1.82, 2.24) is 5.16 Å². The number of nitrogens with zero attached hydrogens (tertiary/aromatic N) is 1. The number of hydrogen-bond acceptors (Lipinski definition) is 3. The largest absolute Gasteiger partial charge is 0.478 e. The lowest BCUT2D eigenvalue weighted by Gasteiger charge is -2.14. The van der Waals surface area contributed by atoms with Crippen LogP contribution in [0.1, 0.15) is 36.8 Å². The minimum Gasteiger partial charge on any atom is -0.478 e. The maximum Gasteiger partial charge on any atom is 0.339 e. The van der Waals surface area contributed by atoms with Gasteiger partial charge in [0.05, 0.1) is 5.69 Å². The van der Waals surface area contributed by atoms with E-state index < -0.39 is 5.97 Å². The molecule has 16 heavy (non-hydrogen) atoms. The molecule has 0 bridgehead atoms. The zero-order chi connectivity index (χ0) is 11.9. The highest BCUT2D eigenvalue weighted by molar-refractivity contribution is 6.01. The first-order valence-corrected chi connectivity index (χ1v) is 5.03. The molecule has 2 rings (SSSR count). The second-order valence-electron chi connectivity index (χ2n) is 4.77. The molecule has 1 N–H and O–H groups in total. The van der Waals surface area contributed by atoms with Crippen molar-refractivity contribution in [2.45, 2.75) is 26.2 Å². The lowest BCUT2D eigenvalue weighted by atomic mass is 9.89. The molecule has 4 nitrogen and oxygen atoms in total. The maximum atomic E-state index is 11.0. The Bertz CT molecular complexity index is 549. The van der Waals surface area contributed by atoms with Gasteiger partial charge in [0.15, 0.2) is 5.58 Å². The van der Waals surface area contributed by atoms with E-state index in [1.54, 1.807) is 6.07 Å². The second kappa shape index (κ2) is 3.33. The van der Waals surface area contributed by atoms with E-state index in [0.29, 0.717) is 5.58 Å². The van der Waals surface area contributed by atoms with Crippen molar-refractivity contribution in [1.29, 1.82) is 0 Å². The fourth-order valence-corrected chi connectivity index (χ4v) is 1.67. The van der Waals surface area contributed by atoms with Gasteiger partial charge in [-0.2, -0.15) is 0 Å². The number of carbonyl (C=O) groups is 1. The molecule has 0 aliphatic heterocycles. The van der Waals surface area contributed by atoms with Crippen molar-refractivity contribution in [2.75, 3.05) is 0 Å². The van der Waals surface area contributed by atoms with Gasteiger partial charge in [-0.25, -0.2) is 4.79 Å². The molecule has 0 saturated heterocycles. The number of carboxylic acids is 1. The number of aromatic carboxylic acids is 1. The van der Waals surface area contributed by atoms with Gasteiger partial charge in [0.25, 0.3) is 0 Å². The lowest BCUT2D eigenvalue weighted by molar-refractivity contribution is 0.0697. The fourth-order valence-electron chi connectivity index (χ4n) is 1.67. The average Bonchev–Trinajstić information content (AvgIpc) is 2.59. The Hall–Kier alpha value is -1.84. The van der Waals surface area contributed by atoms with Gasteiger partial charge in [-0.15, -0.1) is 0 Å². The van der Waals surface area contributed by atoms with Gasteiger partial charge in [0, 0.05) is 10.8 Å². The van der Waals surface area contributed by atoms with Crippen molar-refractivity contribution in [3.8, 4) is 0 Å². The first-order valence-electron chi connectivity index (χ1n) is 5.03. The molecule has 1 heterocycles. The van der Waals surface area contributed by atoms with Crippen LogP contribution in [-0.4, -0.2) is 16.2 Å². The van der Waals surface area contributed by atoms with Gasteiger partial charge >= 0.3 is 5.97 Å². The molecule has 2 aromatic rings. The molecular formula is C12H13NO3. The molecule has 0 unspecified atom stereocenters. The van der Waals surface area contributed by atoms with Crippen LogP contribution in [0.2, 0.25) is 0 Å². The molecule has 1 aromatic carbocycles. The zero-order valence-corrected chi connectivity index (χ0v) is 9.44. The number of hydrogen-bond donors (Lipinski definition) is 1. The SMILES string of the molecule is CC(C)(C)c1noc2c(C(=O)O)cccc12. The number of fused-ring (bicyclic) bond motifs is 1. The van der Waals surface area contributed by atoms with Crippen LogP contribution in [-0.2, 0) is 5.41 Å². The average molecular weight is 219 g/mol. The monoisotopic (exact) mass is 219 g/mol. The van der Waals surface area contributed by atoms with Crippen molar-refractivity contribution >= 4 is 16.9 Å². The third-order valence-electron chi connectivity index (χ3n) is 2.44. The molecule has 4 heteroatoms. The third kappa shape index (κ3) is 1.56. The van der Waals surface area contributed by atoms with Crippen molar-refractivity contribution in [3.05, 3.63) is 29.5 Å². The molecule has 84 valence electrons. The van der Waals surface area contributed by atoms with Gasteiger partial charge in [-0.3, -0.25) is 0 Å². The van der Waals surface area contributed by atoms with E-state index in [-0.39, 0.29) is 11.0 Å². The summed E-state index contributed by atoms with van der Waals surface area (Å²) in [5, 5.41) is 13.7. The molecule has 1 aromatic heterocycles. The number of para-hydroxylation sites is 1. The predicted octanol–water partition coefficient (Wildman–Crippen LogP) is 2.82. The van der Waals surface area contributed by atoms with Gasteiger partial charge in [0.2, 0.25) is 0 Å². The highest BCUT2D eigenvalue weighted by Crippen LogP contribution is 2.30. The molecule has 0 saturated carbocycles. The quantitative estimate of drug-likeness (QED) is 0.801. The Kier molecular flexibility index (Phi) is 2.22. The summed E-state index contributed by atoms with van der Waals surface area (Å²) in [5.74, 6) is -0.998. The van der Waals surface area contributed by atoms with E-state index in [1.807, 2.05) is 26.8 Å². The summed E-state index contributed by atoms with van der Waals surface area (Å²) in [7, 11) is 0. The Balaban J connectivity index is 2.76. The summed E-state index contributed by atoms with van der Waals surface area (Å²) >= 11 is 0. The van der Waals surface area contributed by atoms with Gasteiger partial charge in [-0.1, -0.05) is 32.0 Å². The fraction of sp³-hybridized carbons (Fsp3) is 0.333. The first-order chi connectivity index (χ1) is 7.41. The van der Waals surface area contributed by atoms with E-state index in [1.165, 1.54) is 6.07 Å². The van der Waals surface area contributed by atoms with E-state index in [4.69, 9.17) is 9.63 Å². The zero-order valence-electron chi connectivity index (χ0n) is 9.44. The van der Waals surface area contributed by atoms with Crippen molar-refractivity contribution in [3.63, 3.8) is 0 Å². The van der Waals surface area contributed by atoms with Crippen molar-refractivity contribution < 1.29 is 14.4 Å². The topological polar surface area (TPSA) is 63.3 Å². The van der Waals surface area contributed by atoms with Crippen LogP contribution in [0.5, 0.6) is 0 Å². The minimum absolute atomic E-state index is 0.153. The molecule has 0 spiro atoms. The van der Waals surface area contributed by atoms with Crippen LogP contribution in [0.15, 0.2) is 22.7 Å². The highest BCUT2D eigenvalue weighted by atomic mass is 16.5. The smallest absolute Gasteiger partial charge is 0.339 e. The van der Waals surface area contributed by atoms with Crippen LogP contribution in [0, 0.1) is 0 Å². The van der Waals surface area contributed by atoms with Crippen LogP contribution >= 0.6 is 0 Å². The number of carboxylic acid groups (broad SMARTS) is 1. The first kappa shape index (κ1) is 10.7. The Morgan fingerprint density at radius 1 is 1.38 bits per heavy atom. The van der Waals surface area contributed by atoms with Crippen LogP contribution in [0.4, 0.5) is 0 Å². The molecule has 0 fully saturated rings. The molecule has 0 aliphatic rings. The van der Waals surface area contributed by atoms with Crippen molar-refractivity contribution in [2.24, 2.45) is 0 Å². The molecule has 0 amide bonds. The van der Waals surface area contributed by atoms with Crippen LogP contribution in [0.25, 0.3) is 11.0 Å². The van der Waals surface area contributed by atoms with Crippen LogP contribution < -0.4 is 0 Å². The summed E-state index contributed by atoms with van der Waals surface area (Å²) in [4.78, 5) is 11.0. The number of benzene rings is 1. The molecule has 0 radical (unpaired) electrons. The predicted molar refractivity (Wildman–Crippen MR) is 59.7 cm³/mol. The summed E-state index contributed by atoms with van der Waals surface area (Å²) in [5.41, 5.74) is 1.12. The molecular weight excluding hydrogens is 206 g/mol. The summed E-state index contributed by atoms with van der Waals surface area (Å²) in [6.07, 6.45) is 0. The van der Waals surface area contributed by atoms with Gasteiger partial charge < -0.3 is 9.63 Å². The summed E-state index contributed by atoms with van der Waals surface area (Å²) in [6.45, 7) is 6.03. The van der Waals surface area contributed by atoms with E-state index in [9.17, 15) is 4.79 Å². The minimum atomic E-state index is -0.998. The van der Waals surface area contributed by atoms with E-state index in [2.05, 4.69) is 5.16 Å². The number of aromatic nitrogens is 1. The van der Waals surface area contributed by atoms with E-state index in [0.717, 1.165) is 11.1 Å². The maximum absolute atomic E-state index is 11.0. The molecule has 0 atom stereocenters. The Morgan fingerprint density at radius 2 is 2.06 bits per heavy atom. The van der Waals surface area contributed by atoms with Gasteiger partial charge in [0.1, 0.15) is 5.56 Å².